The van der Waals surface area contributed by atoms with E-state index in [1.165, 1.54) is 47.8 Å². The Bertz CT molecular complexity index is 1420. The third-order valence-electron chi connectivity index (χ3n) is 5.82. The standard InChI is InChI=1S/C27H30ClFN6O4S/c1-3-23(26(38)32-13-19(36)14-40-15-20-21(28)8-5-9-22(20)29)35-11-10-31-24(27(35)39)34-18-7-4-6-17(12-18)25(37)33-16(2)30/h4-7,9-12,21,23H,3,8,13-15H2,1-2H3,(H,31,34)(H,32,38)(H2,30,33,37). The van der Waals surface area contributed by atoms with Gasteiger partial charge in [0.1, 0.15) is 17.7 Å². The van der Waals surface area contributed by atoms with Crippen LogP contribution in [-0.4, -0.2) is 56.4 Å². The lowest BCUT2D eigenvalue weighted by Gasteiger charge is -2.18. The molecule has 1 heterocycles. The van der Waals surface area contributed by atoms with Gasteiger partial charge >= 0.3 is 0 Å². The van der Waals surface area contributed by atoms with Crippen molar-refractivity contribution >= 4 is 58.3 Å². The van der Waals surface area contributed by atoms with E-state index in [1.807, 2.05) is 0 Å². The van der Waals surface area contributed by atoms with Crippen LogP contribution in [0.25, 0.3) is 0 Å². The van der Waals surface area contributed by atoms with Crippen molar-refractivity contribution in [3.8, 4) is 0 Å². The molecule has 0 fully saturated rings. The van der Waals surface area contributed by atoms with Crippen molar-refractivity contribution in [1.82, 2.24) is 14.9 Å². The van der Waals surface area contributed by atoms with Gasteiger partial charge in [-0.1, -0.05) is 19.1 Å². The van der Waals surface area contributed by atoms with Crippen LogP contribution >= 0.6 is 23.4 Å². The largest absolute Gasteiger partial charge is 0.387 e. The molecule has 40 heavy (non-hydrogen) atoms. The normalized spacial score (nSPS) is 16.0. The van der Waals surface area contributed by atoms with Crippen LogP contribution in [0.2, 0.25) is 0 Å². The second-order valence-corrected chi connectivity index (χ2v) is 10.4. The second kappa shape index (κ2) is 14.6. The van der Waals surface area contributed by atoms with Crippen molar-refractivity contribution in [1.29, 1.82) is 0 Å². The fourth-order valence-corrected chi connectivity index (χ4v) is 5.20. The third kappa shape index (κ3) is 8.36. The van der Waals surface area contributed by atoms with Crippen LogP contribution in [-0.2, 0) is 9.59 Å². The summed E-state index contributed by atoms with van der Waals surface area (Å²) in [7, 11) is 0. The molecular formula is C27H30ClFN6O4S. The number of thioether (sulfide) groups is 1. The molecular weight excluding hydrogens is 559 g/mol. The fourth-order valence-electron chi connectivity index (χ4n) is 3.83. The van der Waals surface area contributed by atoms with Crippen LogP contribution in [0.1, 0.15) is 43.1 Å². The predicted molar refractivity (Wildman–Crippen MR) is 156 cm³/mol. The summed E-state index contributed by atoms with van der Waals surface area (Å²) in [5.41, 5.74) is 6.05. The summed E-state index contributed by atoms with van der Waals surface area (Å²) in [4.78, 5) is 58.4. The number of nitrogens with one attached hydrogen (secondary N) is 2. The molecule has 2 atom stereocenters. The molecule has 2 amide bonds. The van der Waals surface area contributed by atoms with E-state index in [9.17, 15) is 23.6 Å². The zero-order valence-electron chi connectivity index (χ0n) is 22.0. The molecule has 0 saturated heterocycles. The topological polar surface area (TPSA) is 149 Å². The Morgan fingerprint density at radius 3 is 2.83 bits per heavy atom. The molecule has 0 aliphatic heterocycles. The number of nitrogens with zero attached hydrogens (tertiary/aromatic N) is 3. The molecule has 1 aromatic carbocycles. The number of amidine groups is 1. The minimum atomic E-state index is -0.892. The number of nitrogens with two attached hydrogens (primary N) is 1. The van der Waals surface area contributed by atoms with E-state index in [2.05, 4.69) is 20.6 Å². The van der Waals surface area contributed by atoms with Crippen molar-refractivity contribution < 1.29 is 18.8 Å². The van der Waals surface area contributed by atoms with Crippen molar-refractivity contribution in [2.45, 2.75) is 38.1 Å². The molecule has 3 rings (SSSR count). The van der Waals surface area contributed by atoms with Crippen LogP contribution in [0.15, 0.2) is 70.0 Å². The first-order valence-electron chi connectivity index (χ1n) is 12.5. The number of rotatable bonds is 12. The summed E-state index contributed by atoms with van der Waals surface area (Å²) in [5, 5.41) is 5.03. The van der Waals surface area contributed by atoms with Gasteiger partial charge in [0, 0.05) is 29.4 Å². The Hall–Kier alpha value is -3.77. The van der Waals surface area contributed by atoms with E-state index in [0.717, 1.165) is 0 Å². The maximum Gasteiger partial charge on any atom is 0.294 e. The summed E-state index contributed by atoms with van der Waals surface area (Å²) in [6.07, 6.45) is 6.62. The number of allylic oxidation sites excluding steroid dienone is 3. The first-order valence-corrected chi connectivity index (χ1v) is 14.1. The lowest BCUT2D eigenvalue weighted by atomic mass is 10.1. The fraction of sp³-hybridized carbons (Fsp3) is 0.333. The zero-order chi connectivity index (χ0) is 29.2. The minimum Gasteiger partial charge on any atom is -0.387 e. The number of halogens is 2. The van der Waals surface area contributed by atoms with Gasteiger partial charge in [-0.25, -0.2) is 9.37 Å². The van der Waals surface area contributed by atoms with Gasteiger partial charge in [-0.3, -0.25) is 23.7 Å². The van der Waals surface area contributed by atoms with Gasteiger partial charge in [0.25, 0.3) is 11.5 Å². The van der Waals surface area contributed by atoms with Crippen LogP contribution in [0.4, 0.5) is 15.9 Å². The predicted octanol–water partition coefficient (Wildman–Crippen LogP) is 3.66. The molecule has 1 aromatic heterocycles. The van der Waals surface area contributed by atoms with Crippen LogP contribution in [0, 0.1) is 0 Å². The van der Waals surface area contributed by atoms with E-state index in [-0.39, 0.29) is 53.3 Å². The Balaban J connectivity index is 1.62. The molecule has 212 valence electrons. The smallest absolute Gasteiger partial charge is 0.294 e. The number of ketones is 1. The molecule has 4 N–H and O–H groups in total. The molecule has 1 aliphatic rings. The number of benzene rings is 1. The Kier molecular flexibility index (Phi) is 11.2. The van der Waals surface area contributed by atoms with Gasteiger partial charge in [0.05, 0.1) is 17.7 Å². The maximum atomic E-state index is 13.9. The number of hydrogen-bond donors (Lipinski definition) is 3. The van der Waals surface area contributed by atoms with E-state index in [1.54, 1.807) is 31.2 Å². The van der Waals surface area contributed by atoms with E-state index in [4.69, 9.17) is 17.3 Å². The highest BCUT2D eigenvalue weighted by Gasteiger charge is 2.22. The lowest BCUT2D eigenvalue weighted by Crippen LogP contribution is -2.39. The number of alkyl halides is 1. The number of amides is 2. The molecule has 0 radical (unpaired) electrons. The highest BCUT2D eigenvalue weighted by Crippen LogP contribution is 2.28. The van der Waals surface area contributed by atoms with Crippen molar-refractivity contribution in [2.24, 2.45) is 10.7 Å². The van der Waals surface area contributed by atoms with Gasteiger partial charge in [-0.15, -0.1) is 23.4 Å². The average molecular weight is 589 g/mol. The van der Waals surface area contributed by atoms with E-state index in [0.29, 0.717) is 17.7 Å². The molecule has 2 aromatic rings. The molecule has 0 saturated carbocycles. The number of anilines is 2. The lowest BCUT2D eigenvalue weighted by molar-refractivity contribution is -0.127. The monoisotopic (exact) mass is 588 g/mol. The van der Waals surface area contributed by atoms with E-state index >= 15 is 0 Å². The van der Waals surface area contributed by atoms with Crippen LogP contribution in [0.3, 0.4) is 0 Å². The minimum absolute atomic E-state index is 0.0546. The summed E-state index contributed by atoms with van der Waals surface area (Å²) in [5.74, 6) is -1.25. The number of carbonyl (C=O) groups excluding carboxylic acids is 3. The van der Waals surface area contributed by atoms with Gasteiger partial charge in [0.2, 0.25) is 5.91 Å². The Labute approximate surface area is 240 Å². The second-order valence-electron chi connectivity index (χ2n) is 8.90. The first-order chi connectivity index (χ1) is 19.1. The molecule has 1 aliphatic carbocycles. The number of carbonyl (C=O) groups is 3. The van der Waals surface area contributed by atoms with Crippen molar-refractivity contribution in [3.05, 3.63) is 76.1 Å². The maximum absolute atomic E-state index is 13.9. The van der Waals surface area contributed by atoms with E-state index < -0.39 is 28.8 Å². The summed E-state index contributed by atoms with van der Waals surface area (Å²) < 4.78 is 15.2. The Morgan fingerprint density at radius 1 is 1.35 bits per heavy atom. The van der Waals surface area contributed by atoms with Gasteiger partial charge in [-0.05, 0) is 49.6 Å². The molecule has 13 heteroatoms. The van der Waals surface area contributed by atoms with Crippen LogP contribution in [0.5, 0.6) is 0 Å². The van der Waals surface area contributed by atoms with Gasteiger partial charge in [-0.2, -0.15) is 4.99 Å². The summed E-state index contributed by atoms with van der Waals surface area (Å²) in [6, 6.07) is 5.43. The quantitative estimate of drug-likeness (QED) is 0.193. The highest BCUT2D eigenvalue weighted by molar-refractivity contribution is 8.00. The summed E-state index contributed by atoms with van der Waals surface area (Å²) in [6.45, 7) is 3.00. The number of hydrogen-bond acceptors (Lipinski definition) is 7. The number of Topliss-reactive ketones (excluding diaryl/α,β-unsaturated/α-hetero) is 1. The highest BCUT2D eigenvalue weighted by atomic mass is 35.5. The molecule has 10 nitrogen and oxygen atoms in total. The Morgan fingerprint density at radius 2 is 2.12 bits per heavy atom. The number of aliphatic imine (C=N–C) groups is 1. The molecule has 2 unspecified atom stereocenters. The molecule has 0 spiro atoms. The SMILES string of the molecule is CCC(C(=O)NCC(=O)CSCC1=C(F)C=CCC1Cl)n1ccnc(Nc2cccc(C(=O)N=C(C)N)c2)c1=O. The molecule has 0 bridgehead atoms. The third-order valence-corrected chi connectivity index (χ3v) is 7.30. The van der Waals surface area contributed by atoms with Crippen LogP contribution < -0.4 is 21.9 Å². The van der Waals surface area contributed by atoms with Gasteiger partial charge in [0.15, 0.2) is 11.6 Å². The zero-order valence-corrected chi connectivity index (χ0v) is 23.6. The van der Waals surface area contributed by atoms with Gasteiger partial charge < -0.3 is 16.4 Å². The first kappa shape index (κ1) is 30.8. The number of aromatic nitrogens is 2. The average Bonchev–Trinajstić information content (AvgIpc) is 2.91. The summed E-state index contributed by atoms with van der Waals surface area (Å²) >= 11 is 7.37. The van der Waals surface area contributed by atoms with Crippen molar-refractivity contribution in [3.63, 3.8) is 0 Å². The van der Waals surface area contributed by atoms with Crippen molar-refractivity contribution in [2.75, 3.05) is 23.4 Å².